The molecular weight excluding hydrogens is 270 g/mol. The molecule has 0 aliphatic rings. The number of nitrogens with zero attached hydrogens (tertiary/aromatic N) is 3. The number of anilines is 1. The number of carbonyl (C=O) groups excluding carboxylic acids is 2. The zero-order valence-electron chi connectivity index (χ0n) is 12.1. The molecule has 2 aromatic rings. The summed E-state index contributed by atoms with van der Waals surface area (Å²) < 4.78 is 1.64. The van der Waals surface area contributed by atoms with E-state index in [1.807, 2.05) is 13.8 Å². The van der Waals surface area contributed by atoms with Crippen molar-refractivity contribution in [1.29, 1.82) is 0 Å². The molecule has 0 saturated heterocycles. The smallest absolute Gasteiger partial charge is 0.271 e. The summed E-state index contributed by atoms with van der Waals surface area (Å²) in [4.78, 5) is 31.3. The number of imidazole rings is 1. The fourth-order valence-electron chi connectivity index (χ4n) is 1.59. The van der Waals surface area contributed by atoms with Crippen LogP contribution in [0.1, 0.15) is 24.3 Å². The second-order valence-electron chi connectivity index (χ2n) is 4.79. The van der Waals surface area contributed by atoms with E-state index in [0.717, 1.165) is 0 Å². The Morgan fingerprint density at radius 1 is 1.24 bits per heavy atom. The van der Waals surface area contributed by atoms with E-state index in [2.05, 4.69) is 20.6 Å². The van der Waals surface area contributed by atoms with Crippen LogP contribution in [0.5, 0.6) is 0 Å². The molecule has 110 valence electrons. The summed E-state index contributed by atoms with van der Waals surface area (Å²) in [7, 11) is 1.55. The van der Waals surface area contributed by atoms with Crippen molar-refractivity contribution in [2.45, 2.75) is 13.8 Å². The Kier molecular flexibility index (Phi) is 4.32. The van der Waals surface area contributed by atoms with E-state index in [1.54, 1.807) is 36.1 Å². The number of hydrogen-bond acceptors (Lipinski definition) is 4. The molecule has 0 aliphatic heterocycles. The summed E-state index contributed by atoms with van der Waals surface area (Å²) in [5.41, 5.74) is 0.945. The van der Waals surface area contributed by atoms with Gasteiger partial charge in [0.1, 0.15) is 17.8 Å². The minimum atomic E-state index is -0.255. The third kappa shape index (κ3) is 3.44. The first kappa shape index (κ1) is 14.7. The van der Waals surface area contributed by atoms with Gasteiger partial charge in [-0.25, -0.2) is 9.97 Å². The molecule has 2 heterocycles. The Labute approximate surface area is 122 Å². The van der Waals surface area contributed by atoms with Gasteiger partial charge in [0.2, 0.25) is 5.91 Å². The van der Waals surface area contributed by atoms with Crippen LogP contribution in [0.4, 0.5) is 5.69 Å². The molecule has 2 aromatic heterocycles. The van der Waals surface area contributed by atoms with Crippen molar-refractivity contribution in [1.82, 2.24) is 19.9 Å². The SMILES string of the molecule is CNC(=O)c1cn(-c2ccc(NC(=O)C(C)C)cn2)cn1. The summed E-state index contributed by atoms with van der Waals surface area (Å²) in [5, 5.41) is 5.27. The molecule has 0 radical (unpaired) electrons. The van der Waals surface area contributed by atoms with Crippen LogP contribution >= 0.6 is 0 Å². The van der Waals surface area contributed by atoms with Crippen molar-refractivity contribution in [2.75, 3.05) is 12.4 Å². The van der Waals surface area contributed by atoms with Gasteiger partial charge >= 0.3 is 0 Å². The molecule has 2 N–H and O–H groups in total. The van der Waals surface area contributed by atoms with Crippen molar-refractivity contribution < 1.29 is 9.59 Å². The third-order valence-electron chi connectivity index (χ3n) is 2.85. The highest BCUT2D eigenvalue weighted by atomic mass is 16.2. The lowest BCUT2D eigenvalue weighted by Crippen LogP contribution is -2.18. The second-order valence-corrected chi connectivity index (χ2v) is 4.79. The zero-order chi connectivity index (χ0) is 15.4. The van der Waals surface area contributed by atoms with E-state index in [-0.39, 0.29) is 17.7 Å². The van der Waals surface area contributed by atoms with E-state index in [9.17, 15) is 9.59 Å². The van der Waals surface area contributed by atoms with Gasteiger partial charge in [0.25, 0.3) is 5.91 Å². The molecule has 2 rings (SSSR count). The molecule has 2 amide bonds. The number of pyridine rings is 1. The first-order valence-corrected chi connectivity index (χ1v) is 6.54. The monoisotopic (exact) mass is 287 g/mol. The normalized spacial score (nSPS) is 10.5. The topological polar surface area (TPSA) is 88.9 Å². The molecule has 0 aliphatic carbocycles. The van der Waals surface area contributed by atoms with E-state index >= 15 is 0 Å². The van der Waals surface area contributed by atoms with Crippen LogP contribution in [-0.4, -0.2) is 33.4 Å². The lowest BCUT2D eigenvalue weighted by Gasteiger charge is -2.08. The Morgan fingerprint density at radius 3 is 2.57 bits per heavy atom. The Bertz CT molecular complexity index is 646. The minimum absolute atomic E-state index is 0.0610. The van der Waals surface area contributed by atoms with Gasteiger partial charge in [0.05, 0.1) is 11.9 Å². The molecule has 21 heavy (non-hydrogen) atoms. The molecule has 0 bridgehead atoms. The van der Waals surface area contributed by atoms with Crippen molar-refractivity contribution in [3.8, 4) is 5.82 Å². The number of aromatic nitrogens is 3. The summed E-state index contributed by atoms with van der Waals surface area (Å²) in [6.45, 7) is 3.64. The quantitative estimate of drug-likeness (QED) is 0.885. The molecular formula is C14H17N5O2. The van der Waals surface area contributed by atoms with Crippen molar-refractivity contribution in [3.63, 3.8) is 0 Å². The van der Waals surface area contributed by atoms with Crippen LogP contribution in [0.25, 0.3) is 5.82 Å². The van der Waals surface area contributed by atoms with Crippen LogP contribution in [0.3, 0.4) is 0 Å². The molecule has 0 saturated carbocycles. The molecule has 0 aromatic carbocycles. The first-order chi connectivity index (χ1) is 10.0. The van der Waals surface area contributed by atoms with Crippen LogP contribution in [0.15, 0.2) is 30.9 Å². The van der Waals surface area contributed by atoms with Crippen LogP contribution < -0.4 is 10.6 Å². The zero-order valence-corrected chi connectivity index (χ0v) is 12.1. The predicted molar refractivity (Wildman–Crippen MR) is 78.2 cm³/mol. The molecule has 0 unspecified atom stereocenters. The van der Waals surface area contributed by atoms with Crippen molar-refractivity contribution in [3.05, 3.63) is 36.5 Å². The van der Waals surface area contributed by atoms with Crippen LogP contribution in [0, 0.1) is 5.92 Å². The Morgan fingerprint density at radius 2 is 2.00 bits per heavy atom. The maximum absolute atomic E-state index is 11.6. The van der Waals surface area contributed by atoms with Crippen molar-refractivity contribution in [2.24, 2.45) is 5.92 Å². The third-order valence-corrected chi connectivity index (χ3v) is 2.85. The summed E-state index contributed by atoms with van der Waals surface area (Å²) in [6, 6.07) is 3.49. The summed E-state index contributed by atoms with van der Waals surface area (Å²) >= 11 is 0. The average molecular weight is 287 g/mol. The van der Waals surface area contributed by atoms with Gasteiger partial charge in [0.15, 0.2) is 0 Å². The fourth-order valence-corrected chi connectivity index (χ4v) is 1.59. The lowest BCUT2D eigenvalue weighted by atomic mass is 10.2. The van der Waals surface area contributed by atoms with Crippen LogP contribution in [0.2, 0.25) is 0 Å². The van der Waals surface area contributed by atoms with E-state index in [4.69, 9.17) is 0 Å². The number of nitrogens with one attached hydrogen (secondary N) is 2. The van der Waals surface area contributed by atoms with Gasteiger partial charge < -0.3 is 10.6 Å². The maximum Gasteiger partial charge on any atom is 0.271 e. The minimum Gasteiger partial charge on any atom is -0.354 e. The number of amides is 2. The Hall–Kier alpha value is -2.70. The van der Waals surface area contributed by atoms with Crippen molar-refractivity contribution >= 4 is 17.5 Å². The molecule has 0 fully saturated rings. The highest BCUT2D eigenvalue weighted by Crippen LogP contribution is 2.11. The molecule has 7 nitrogen and oxygen atoms in total. The number of rotatable bonds is 4. The second kappa shape index (κ2) is 6.17. The average Bonchev–Trinajstić information content (AvgIpc) is 2.97. The summed E-state index contributed by atoms with van der Waals surface area (Å²) in [6.07, 6.45) is 4.67. The van der Waals surface area contributed by atoms with Gasteiger partial charge in [-0.15, -0.1) is 0 Å². The summed E-state index contributed by atoms with van der Waals surface area (Å²) in [5.74, 6) is 0.206. The van der Waals surface area contributed by atoms with E-state index in [0.29, 0.717) is 17.2 Å². The fraction of sp³-hybridized carbons (Fsp3) is 0.286. The maximum atomic E-state index is 11.6. The van der Waals surface area contributed by atoms with Gasteiger partial charge in [-0.2, -0.15) is 0 Å². The molecule has 0 spiro atoms. The standard InChI is InChI=1S/C14H17N5O2/c1-9(2)13(20)18-10-4-5-12(16-6-10)19-7-11(17-8-19)14(21)15-3/h4-9H,1-3H3,(H,15,21)(H,18,20). The molecule has 0 atom stereocenters. The van der Waals surface area contributed by atoms with Gasteiger partial charge in [0, 0.05) is 19.2 Å². The Balaban J connectivity index is 2.13. The highest BCUT2D eigenvalue weighted by Gasteiger charge is 2.09. The lowest BCUT2D eigenvalue weighted by molar-refractivity contribution is -0.118. The van der Waals surface area contributed by atoms with Gasteiger partial charge in [-0.05, 0) is 12.1 Å². The van der Waals surface area contributed by atoms with E-state index in [1.165, 1.54) is 6.33 Å². The first-order valence-electron chi connectivity index (χ1n) is 6.54. The number of hydrogen-bond donors (Lipinski definition) is 2. The highest BCUT2D eigenvalue weighted by molar-refractivity contribution is 5.92. The largest absolute Gasteiger partial charge is 0.354 e. The van der Waals surface area contributed by atoms with Gasteiger partial charge in [-0.1, -0.05) is 13.8 Å². The van der Waals surface area contributed by atoms with E-state index < -0.39 is 0 Å². The molecule has 7 heteroatoms. The van der Waals surface area contributed by atoms with Gasteiger partial charge in [-0.3, -0.25) is 14.2 Å². The van der Waals surface area contributed by atoms with Crippen LogP contribution in [-0.2, 0) is 4.79 Å². The predicted octanol–water partition coefficient (Wildman–Crippen LogP) is 1.22. The number of carbonyl (C=O) groups is 2.